The maximum atomic E-state index is 5.19. The maximum Gasteiger partial charge on any atom is 0.240 e. The molecule has 2 aromatic heterocycles. The Morgan fingerprint density at radius 2 is 2.24 bits per heavy atom. The zero-order valence-electron chi connectivity index (χ0n) is 9.95. The van der Waals surface area contributed by atoms with Crippen LogP contribution in [0.5, 0.6) is 0 Å². The molecule has 0 radical (unpaired) electrons. The quantitative estimate of drug-likeness (QED) is 0.942. The summed E-state index contributed by atoms with van der Waals surface area (Å²) in [7, 11) is 0. The molecule has 17 heavy (non-hydrogen) atoms. The summed E-state index contributed by atoms with van der Waals surface area (Å²) in [6, 6.07) is 1.98. The number of thiophene rings is 1. The van der Waals surface area contributed by atoms with Crippen molar-refractivity contribution < 1.29 is 4.52 Å². The van der Waals surface area contributed by atoms with Crippen molar-refractivity contribution in [2.24, 2.45) is 0 Å². The van der Waals surface area contributed by atoms with E-state index in [1.54, 1.807) is 11.3 Å². The van der Waals surface area contributed by atoms with Gasteiger partial charge in [-0.05, 0) is 42.8 Å². The first-order valence-electron chi connectivity index (χ1n) is 5.26. The molecule has 0 aliphatic carbocycles. The lowest BCUT2D eigenvalue weighted by Crippen LogP contribution is -2.35. The molecular formula is C11H14BrN3OS. The average Bonchev–Trinajstić information content (AvgIpc) is 2.81. The lowest BCUT2D eigenvalue weighted by molar-refractivity contribution is 0.336. The third-order valence-corrected chi connectivity index (χ3v) is 3.71. The standard InChI is InChI=1S/C11H14BrN3OS/c1-11(2,3)13-5-9-14-10(15-16-9)8-4-7(12)6-17-8/h4,6,13H,5H2,1-3H3. The van der Waals surface area contributed by atoms with Crippen LogP contribution in [0.3, 0.4) is 0 Å². The summed E-state index contributed by atoms with van der Waals surface area (Å²) >= 11 is 4.99. The molecule has 1 N–H and O–H groups in total. The van der Waals surface area contributed by atoms with Crippen LogP contribution in [0, 0.1) is 0 Å². The van der Waals surface area contributed by atoms with Gasteiger partial charge >= 0.3 is 0 Å². The first kappa shape index (κ1) is 12.7. The molecule has 2 heterocycles. The van der Waals surface area contributed by atoms with Crippen molar-refractivity contribution in [1.82, 2.24) is 15.5 Å². The van der Waals surface area contributed by atoms with Gasteiger partial charge in [-0.15, -0.1) is 11.3 Å². The second-order valence-electron chi connectivity index (χ2n) is 4.74. The topological polar surface area (TPSA) is 51.0 Å². The largest absolute Gasteiger partial charge is 0.338 e. The normalized spacial score (nSPS) is 12.0. The lowest BCUT2D eigenvalue weighted by Gasteiger charge is -2.18. The minimum Gasteiger partial charge on any atom is -0.338 e. The van der Waals surface area contributed by atoms with Gasteiger partial charge in [-0.2, -0.15) is 4.98 Å². The van der Waals surface area contributed by atoms with Gasteiger partial charge in [0, 0.05) is 15.4 Å². The molecular weight excluding hydrogens is 302 g/mol. The number of aromatic nitrogens is 2. The van der Waals surface area contributed by atoms with Gasteiger partial charge in [-0.25, -0.2) is 0 Å². The molecule has 2 aromatic rings. The molecule has 0 fully saturated rings. The molecule has 4 nitrogen and oxygen atoms in total. The summed E-state index contributed by atoms with van der Waals surface area (Å²) in [6.07, 6.45) is 0. The average molecular weight is 316 g/mol. The van der Waals surface area contributed by atoms with Crippen LogP contribution in [-0.4, -0.2) is 15.7 Å². The Bertz CT molecular complexity index is 501. The van der Waals surface area contributed by atoms with Gasteiger partial charge in [0.05, 0.1) is 11.4 Å². The van der Waals surface area contributed by atoms with Crippen LogP contribution in [-0.2, 0) is 6.54 Å². The predicted molar refractivity (Wildman–Crippen MR) is 71.9 cm³/mol. The Balaban J connectivity index is 2.06. The molecule has 92 valence electrons. The molecule has 0 aliphatic rings. The molecule has 2 rings (SSSR count). The van der Waals surface area contributed by atoms with E-state index in [-0.39, 0.29) is 5.54 Å². The van der Waals surface area contributed by atoms with Crippen LogP contribution in [0.1, 0.15) is 26.7 Å². The van der Waals surface area contributed by atoms with Crippen molar-refractivity contribution in [2.75, 3.05) is 0 Å². The van der Waals surface area contributed by atoms with Gasteiger partial charge in [0.2, 0.25) is 11.7 Å². The number of rotatable bonds is 3. The van der Waals surface area contributed by atoms with Gasteiger partial charge in [0.25, 0.3) is 0 Å². The van der Waals surface area contributed by atoms with Gasteiger partial charge < -0.3 is 9.84 Å². The molecule has 0 aliphatic heterocycles. The zero-order chi connectivity index (χ0) is 12.5. The Kier molecular flexibility index (Phi) is 3.65. The summed E-state index contributed by atoms with van der Waals surface area (Å²) in [5.41, 5.74) is 0.0423. The number of halogens is 1. The molecule has 0 spiro atoms. The Hall–Kier alpha value is -0.720. The smallest absolute Gasteiger partial charge is 0.240 e. The second kappa shape index (κ2) is 4.88. The lowest BCUT2D eigenvalue weighted by atomic mass is 10.1. The molecule has 0 saturated heterocycles. The Morgan fingerprint density at radius 3 is 2.82 bits per heavy atom. The molecule has 6 heteroatoms. The fourth-order valence-corrected chi connectivity index (χ4v) is 2.55. The SMILES string of the molecule is CC(C)(C)NCc1nc(-c2cc(Br)cs2)no1. The van der Waals surface area contributed by atoms with Crippen LogP contribution in [0.15, 0.2) is 20.4 Å². The first-order valence-corrected chi connectivity index (χ1v) is 6.93. The molecule has 0 amide bonds. The van der Waals surface area contributed by atoms with E-state index in [1.807, 2.05) is 11.4 Å². The third-order valence-electron chi connectivity index (χ3n) is 2.03. The molecule has 0 saturated carbocycles. The van der Waals surface area contributed by atoms with Crippen LogP contribution in [0.2, 0.25) is 0 Å². The monoisotopic (exact) mass is 315 g/mol. The van der Waals surface area contributed by atoms with E-state index in [2.05, 4.69) is 52.2 Å². The zero-order valence-corrected chi connectivity index (χ0v) is 12.4. The van der Waals surface area contributed by atoms with Crippen molar-refractivity contribution in [3.05, 3.63) is 21.8 Å². The third kappa shape index (κ3) is 3.62. The maximum absolute atomic E-state index is 5.19. The Morgan fingerprint density at radius 1 is 1.47 bits per heavy atom. The minimum absolute atomic E-state index is 0.0423. The van der Waals surface area contributed by atoms with Crippen LogP contribution in [0.25, 0.3) is 10.7 Å². The van der Waals surface area contributed by atoms with Gasteiger partial charge in [0.1, 0.15) is 0 Å². The van der Waals surface area contributed by atoms with Gasteiger partial charge in [-0.3, -0.25) is 0 Å². The van der Waals surface area contributed by atoms with E-state index in [9.17, 15) is 0 Å². The molecule has 0 bridgehead atoms. The highest BCUT2D eigenvalue weighted by atomic mass is 79.9. The predicted octanol–water partition coefficient (Wildman–Crippen LogP) is 3.45. The summed E-state index contributed by atoms with van der Waals surface area (Å²) in [5.74, 6) is 1.26. The number of nitrogens with one attached hydrogen (secondary N) is 1. The second-order valence-corrected chi connectivity index (χ2v) is 6.57. The summed E-state index contributed by atoms with van der Waals surface area (Å²) in [6.45, 7) is 6.88. The molecule has 0 unspecified atom stereocenters. The first-order chi connectivity index (χ1) is 7.94. The van der Waals surface area contributed by atoms with Crippen LogP contribution < -0.4 is 5.32 Å². The van der Waals surface area contributed by atoms with Crippen molar-refractivity contribution in [3.8, 4) is 10.7 Å². The van der Waals surface area contributed by atoms with E-state index in [0.717, 1.165) is 9.35 Å². The minimum atomic E-state index is 0.0423. The number of hydrogen-bond donors (Lipinski definition) is 1. The van der Waals surface area contributed by atoms with Crippen LogP contribution in [0.4, 0.5) is 0 Å². The highest BCUT2D eigenvalue weighted by Gasteiger charge is 2.13. The summed E-state index contributed by atoms with van der Waals surface area (Å²) < 4.78 is 6.23. The van der Waals surface area contributed by atoms with E-state index in [4.69, 9.17) is 4.52 Å². The van der Waals surface area contributed by atoms with Crippen molar-refractivity contribution in [2.45, 2.75) is 32.9 Å². The molecule has 0 atom stereocenters. The highest BCUT2D eigenvalue weighted by Crippen LogP contribution is 2.27. The van der Waals surface area contributed by atoms with Crippen molar-refractivity contribution >= 4 is 27.3 Å². The molecule has 0 aromatic carbocycles. The van der Waals surface area contributed by atoms with Crippen molar-refractivity contribution in [3.63, 3.8) is 0 Å². The number of nitrogens with zero attached hydrogens (tertiary/aromatic N) is 2. The van der Waals surface area contributed by atoms with Crippen molar-refractivity contribution in [1.29, 1.82) is 0 Å². The summed E-state index contributed by atoms with van der Waals surface area (Å²) in [5, 5.41) is 9.27. The van der Waals surface area contributed by atoms with E-state index in [1.165, 1.54) is 0 Å². The van der Waals surface area contributed by atoms with Gasteiger partial charge in [0.15, 0.2) is 0 Å². The van der Waals surface area contributed by atoms with E-state index < -0.39 is 0 Å². The Labute approximate surface area is 113 Å². The fraction of sp³-hybridized carbons (Fsp3) is 0.455. The highest BCUT2D eigenvalue weighted by molar-refractivity contribution is 9.10. The van der Waals surface area contributed by atoms with E-state index >= 15 is 0 Å². The number of hydrogen-bond acceptors (Lipinski definition) is 5. The van der Waals surface area contributed by atoms with Gasteiger partial charge in [-0.1, -0.05) is 5.16 Å². The van der Waals surface area contributed by atoms with Crippen LogP contribution >= 0.6 is 27.3 Å². The van der Waals surface area contributed by atoms with E-state index in [0.29, 0.717) is 18.3 Å². The summed E-state index contributed by atoms with van der Waals surface area (Å²) in [4.78, 5) is 5.35. The fourth-order valence-electron chi connectivity index (χ4n) is 1.20.